The number of nitrogens with zero attached hydrogens (tertiary/aromatic N) is 4. The first-order valence-electron chi connectivity index (χ1n) is 17.5. The topological polar surface area (TPSA) is 181 Å². The van der Waals surface area contributed by atoms with Gasteiger partial charge in [0.1, 0.15) is 5.75 Å². The molecule has 5 aromatic rings. The molecular weight excluding hydrogens is 697 g/mol. The average molecular weight is 739 g/mol. The summed E-state index contributed by atoms with van der Waals surface area (Å²) >= 11 is 1.47. The van der Waals surface area contributed by atoms with Crippen molar-refractivity contribution in [1.82, 2.24) is 31.0 Å². The third-order valence-corrected chi connectivity index (χ3v) is 9.94. The molecule has 13 nitrogen and oxygen atoms in total. The summed E-state index contributed by atoms with van der Waals surface area (Å²) in [4.78, 5) is 23.6. The van der Waals surface area contributed by atoms with E-state index >= 15 is 0 Å². The molecule has 4 aromatic carbocycles. The van der Waals surface area contributed by atoms with Gasteiger partial charge >= 0.3 is 0 Å². The average Bonchev–Trinajstić information content (AvgIpc) is 3.68. The molecule has 1 saturated heterocycles. The Morgan fingerprint density at radius 2 is 1.57 bits per heavy atom. The summed E-state index contributed by atoms with van der Waals surface area (Å²) in [5.74, 6) is 0.235. The number of nitrogens with one attached hydrogen (secondary N) is 2. The zero-order valence-corrected chi connectivity index (χ0v) is 29.8. The van der Waals surface area contributed by atoms with Crippen LogP contribution in [0, 0.1) is 0 Å². The van der Waals surface area contributed by atoms with Crippen LogP contribution in [0.25, 0.3) is 16.8 Å². The highest BCUT2D eigenvalue weighted by Gasteiger charge is 2.33. The molecule has 1 aromatic heterocycles. The number of unbranched alkanes of at least 4 members (excludes halogenated alkanes) is 2. The normalized spacial score (nSPS) is 17.0. The number of rotatable bonds is 16. The van der Waals surface area contributed by atoms with E-state index in [-0.39, 0.29) is 36.9 Å². The minimum Gasteiger partial charge on any atom is -0.508 e. The van der Waals surface area contributed by atoms with Gasteiger partial charge < -0.3 is 25.0 Å². The quantitative estimate of drug-likeness (QED) is 0.0350. The lowest BCUT2D eigenvalue weighted by atomic mass is 9.99. The summed E-state index contributed by atoms with van der Waals surface area (Å²) in [7, 11) is 0. The number of aromatic hydroxyl groups is 1. The summed E-state index contributed by atoms with van der Waals surface area (Å²) in [5, 5.41) is 43.7. The summed E-state index contributed by atoms with van der Waals surface area (Å²) in [6.45, 7) is 0.349. The number of aromatic nitrogens is 4. The van der Waals surface area contributed by atoms with E-state index in [9.17, 15) is 19.8 Å². The van der Waals surface area contributed by atoms with Gasteiger partial charge in [-0.1, -0.05) is 78.8 Å². The van der Waals surface area contributed by atoms with Crippen LogP contribution in [-0.4, -0.2) is 59.3 Å². The van der Waals surface area contributed by atoms with Crippen molar-refractivity contribution in [3.8, 4) is 22.6 Å². The monoisotopic (exact) mass is 738 g/mol. The first-order valence-corrected chi connectivity index (χ1v) is 18.5. The van der Waals surface area contributed by atoms with Crippen molar-refractivity contribution >= 4 is 23.6 Å². The Morgan fingerprint density at radius 1 is 0.830 bits per heavy atom. The number of benzene rings is 4. The number of aliphatic hydroxyl groups excluding tert-OH is 1. The molecule has 0 aliphatic carbocycles. The van der Waals surface area contributed by atoms with Crippen LogP contribution < -0.4 is 10.8 Å². The molecule has 2 amide bonds. The maximum Gasteiger partial charge on any atom is 0.243 e. The third kappa shape index (κ3) is 10.5. The number of hydrogen-bond acceptors (Lipinski definition) is 11. The fourth-order valence-electron chi connectivity index (χ4n) is 6.03. The van der Waals surface area contributed by atoms with E-state index in [0.29, 0.717) is 43.1 Å². The lowest BCUT2D eigenvalue weighted by Gasteiger charge is -2.36. The molecule has 0 bridgehead atoms. The van der Waals surface area contributed by atoms with Gasteiger partial charge in [-0.05, 0) is 87.5 Å². The summed E-state index contributed by atoms with van der Waals surface area (Å²) < 4.78 is 14.8. The Hall–Kier alpha value is -5.12. The van der Waals surface area contributed by atoms with Crippen LogP contribution in [0.15, 0.2) is 102 Å². The number of tetrazole rings is 1. The number of aliphatic hydroxyl groups is 1. The van der Waals surface area contributed by atoms with Crippen molar-refractivity contribution in [1.29, 1.82) is 0 Å². The van der Waals surface area contributed by atoms with Crippen LogP contribution in [0.4, 0.5) is 0 Å². The van der Waals surface area contributed by atoms with Crippen molar-refractivity contribution in [2.24, 2.45) is 0 Å². The summed E-state index contributed by atoms with van der Waals surface area (Å²) in [6.07, 6.45) is 2.04. The minimum atomic E-state index is -0.662. The van der Waals surface area contributed by atoms with Crippen molar-refractivity contribution in [2.75, 3.05) is 5.75 Å². The highest BCUT2D eigenvalue weighted by molar-refractivity contribution is 7.99. The van der Waals surface area contributed by atoms with Gasteiger partial charge in [0.25, 0.3) is 0 Å². The van der Waals surface area contributed by atoms with E-state index in [1.807, 2.05) is 60.7 Å². The second-order valence-electron chi connectivity index (χ2n) is 12.7. The minimum absolute atomic E-state index is 0.0397. The van der Waals surface area contributed by atoms with Gasteiger partial charge in [-0.2, -0.15) is 4.68 Å². The molecule has 0 spiro atoms. The Kier molecular flexibility index (Phi) is 13.2. The number of thioether (sulfide) groups is 1. The van der Waals surface area contributed by atoms with Gasteiger partial charge in [0.05, 0.1) is 24.5 Å². The maximum absolute atomic E-state index is 12.4. The number of amides is 2. The van der Waals surface area contributed by atoms with Crippen LogP contribution in [0.3, 0.4) is 0 Å². The van der Waals surface area contributed by atoms with E-state index < -0.39 is 12.2 Å². The number of phenols is 1. The molecule has 276 valence electrons. The first-order chi connectivity index (χ1) is 25.9. The Morgan fingerprint density at radius 3 is 2.32 bits per heavy atom. The number of hydroxylamine groups is 1. The molecule has 1 fully saturated rings. The van der Waals surface area contributed by atoms with E-state index in [1.165, 1.54) is 11.8 Å². The molecule has 3 atom stereocenters. The number of phenolic OH excluding ortho intramolecular Hbond substituents is 1. The van der Waals surface area contributed by atoms with Crippen molar-refractivity contribution in [3.63, 3.8) is 0 Å². The third-order valence-electron chi connectivity index (χ3n) is 8.89. The lowest BCUT2D eigenvalue weighted by Crippen LogP contribution is -2.31. The molecule has 0 unspecified atom stereocenters. The molecule has 0 radical (unpaired) electrons. The molecule has 2 heterocycles. The van der Waals surface area contributed by atoms with Crippen LogP contribution in [0.2, 0.25) is 0 Å². The molecule has 1 aliphatic rings. The van der Waals surface area contributed by atoms with Crippen LogP contribution in [0.5, 0.6) is 5.75 Å². The van der Waals surface area contributed by atoms with Crippen LogP contribution in [-0.2, 0) is 32.2 Å². The van der Waals surface area contributed by atoms with Crippen molar-refractivity contribution < 1.29 is 34.5 Å². The van der Waals surface area contributed by atoms with Gasteiger partial charge in [-0.25, -0.2) is 5.48 Å². The Bertz CT molecular complexity index is 1960. The van der Waals surface area contributed by atoms with Crippen LogP contribution >= 0.6 is 11.8 Å². The Labute approximate surface area is 311 Å². The van der Waals surface area contributed by atoms with Crippen LogP contribution in [0.1, 0.15) is 73.2 Å². The predicted octanol–water partition coefficient (Wildman–Crippen LogP) is 5.94. The number of carbonyl (C=O) groups excluding carboxylic acids is 2. The first kappa shape index (κ1) is 37.6. The SMILES string of the molecule is O=C(CCCCCC(=O)NCc1cccc(-c2cccc([C@H]3O[C@@H](CSc4nnnn4-c4ccc(O)cc4)C[C@@H](c4ccc(CO)cc4)O3)c2)c1)NO. The molecule has 53 heavy (non-hydrogen) atoms. The maximum atomic E-state index is 12.4. The van der Waals surface area contributed by atoms with Gasteiger partial charge in [0, 0.05) is 37.1 Å². The molecule has 5 N–H and O–H groups in total. The molecule has 1 aliphatic heterocycles. The van der Waals surface area contributed by atoms with E-state index in [1.54, 1.807) is 34.4 Å². The summed E-state index contributed by atoms with van der Waals surface area (Å²) in [6, 6.07) is 30.5. The second-order valence-corrected chi connectivity index (χ2v) is 13.7. The van der Waals surface area contributed by atoms with E-state index in [2.05, 4.69) is 33.0 Å². The van der Waals surface area contributed by atoms with Gasteiger partial charge in [-0.3, -0.25) is 14.8 Å². The fraction of sp³-hybridized carbons (Fsp3) is 0.308. The highest BCUT2D eigenvalue weighted by atomic mass is 32.2. The zero-order valence-electron chi connectivity index (χ0n) is 29.0. The molecular formula is C39H42N6O7S. The predicted molar refractivity (Wildman–Crippen MR) is 197 cm³/mol. The van der Waals surface area contributed by atoms with Crippen molar-refractivity contribution in [2.45, 2.75) is 75.3 Å². The summed E-state index contributed by atoms with van der Waals surface area (Å²) in [5.41, 5.74) is 7.94. The zero-order chi connectivity index (χ0) is 37.0. The molecule has 6 rings (SSSR count). The fourth-order valence-corrected chi connectivity index (χ4v) is 6.94. The second kappa shape index (κ2) is 18.6. The van der Waals surface area contributed by atoms with Gasteiger partial charge in [-0.15, -0.1) is 5.10 Å². The van der Waals surface area contributed by atoms with Gasteiger partial charge in [0.2, 0.25) is 17.0 Å². The number of ether oxygens (including phenoxy) is 2. The number of hydrogen-bond donors (Lipinski definition) is 5. The van der Waals surface area contributed by atoms with Gasteiger partial charge in [0.15, 0.2) is 6.29 Å². The standard InChI is InChI=1S/C39H42N6O7S/c46-24-26-12-14-28(15-13-26)35-22-34(25-53-39-41-43-44-45(39)32-16-18-33(47)19-17-32)51-38(52-35)31-9-5-8-30(21-31)29-7-4-6-27(20-29)23-40-36(48)10-2-1-3-11-37(49)42-50/h4-9,12-21,34-35,38,46-47,50H,1-3,10-11,22-25H2,(H,40,48)(H,42,49)/t34-,35+,38+/m1/s1. The smallest absolute Gasteiger partial charge is 0.243 e. The number of carbonyl (C=O) groups is 2. The highest BCUT2D eigenvalue weighted by Crippen LogP contribution is 2.40. The van der Waals surface area contributed by atoms with E-state index in [0.717, 1.165) is 45.5 Å². The lowest BCUT2D eigenvalue weighted by molar-refractivity contribution is -0.245. The Balaban J connectivity index is 1.13. The molecule has 0 saturated carbocycles. The van der Waals surface area contributed by atoms with Crippen molar-refractivity contribution in [3.05, 3.63) is 119 Å². The molecule has 14 heteroatoms. The van der Waals surface area contributed by atoms with E-state index in [4.69, 9.17) is 14.7 Å². The largest absolute Gasteiger partial charge is 0.508 e.